The van der Waals surface area contributed by atoms with E-state index in [1.54, 1.807) is 32.5 Å². The summed E-state index contributed by atoms with van der Waals surface area (Å²) in [6, 6.07) is 11.4. The Bertz CT molecular complexity index is 1820. The Morgan fingerprint density at radius 1 is 1.14 bits per heavy atom. The second-order valence-corrected chi connectivity index (χ2v) is 15.7. The first kappa shape index (κ1) is 35.1. The number of rotatable bonds is 5. The Hall–Kier alpha value is -3.74. The lowest BCUT2D eigenvalue weighted by molar-refractivity contribution is -0.119. The maximum atomic E-state index is 14.2. The Labute approximate surface area is 293 Å². The van der Waals surface area contributed by atoms with Crippen molar-refractivity contribution in [3.8, 4) is 5.75 Å². The van der Waals surface area contributed by atoms with E-state index < -0.39 is 21.7 Å². The van der Waals surface area contributed by atoms with Crippen LogP contribution in [0.25, 0.3) is 0 Å². The van der Waals surface area contributed by atoms with Crippen LogP contribution in [0.5, 0.6) is 5.75 Å². The average Bonchev–Trinajstić information content (AvgIpc) is 3.48. The number of allylic oxidation sites excluding steroid dienone is 1. The van der Waals surface area contributed by atoms with Gasteiger partial charge in [-0.1, -0.05) is 29.8 Å². The van der Waals surface area contributed by atoms with Crippen LogP contribution in [0.1, 0.15) is 72.1 Å². The normalized spacial score (nSPS) is 25.3. The zero-order valence-electron chi connectivity index (χ0n) is 28.2. The number of carbonyl (C=O) groups is 2. The van der Waals surface area contributed by atoms with Gasteiger partial charge in [0.15, 0.2) is 0 Å². The molecule has 2 amide bonds. The minimum absolute atomic E-state index is 0.0309. The Morgan fingerprint density at radius 2 is 2.02 bits per heavy atom. The molecule has 1 aromatic heterocycles. The molecule has 0 radical (unpaired) electrons. The van der Waals surface area contributed by atoms with Crippen LogP contribution >= 0.6 is 11.6 Å². The summed E-state index contributed by atoms with van der Waals surface area (Å²) in [5.41, 5.74) is 4.10. The number of nitrogens with zero attached hydrogens (tertiary/aromatic N) is 5. The van der Waals surface area contributed by atoms with Gasteiger partial charge in [0, 0.05) is 50.7 Å². The number of nitrogens with one attached hydrogen (secondary N) is 1. The van der Waals surface area contributed by atoms with E-state index in [9.17, 15) is 13.8 Å². The number of aryl methyl sites for hydroxylation is 3. The molecule has 3 aliphatic rings. The fourth-order valence-electron chi connectivity index (χ4n) is 6.89. The second kappa shape index (κ2) is 15.9. The summed E-state index contributed by atoms with van der Waals surface area (Å²) in [6.07, 6.45) is 12.0. The largest absolute Gasteiger partial charge is 0.491 e. The molecular weight excluding hydrogens is 664 g/mol. The molecule has 11 nitrogen and oxygen atoms in total. The van der Waals surface area contributed by atoms with E-state index in [1.807, 2.05) is 12.1 Å². The second-order valence-electron chi connectivity index (χ2n) is 13.1. The van der Waals surface area contributed by atoms with Crippen LogP contribution in [0.15, 0.2) is 59.1 Å². The van der Waals surface area contributed by atoms with Crippen LogP contribution < -0.4 is 14.4 Å². The van der Waals surface area contributed by atoms with Gasteiger partial charge >= 0.3 is 0 Å². The zero-order chi connectivity index (χ0) is 34.4. The summed E-state index contributed by atoms with van der Waals surface area (Å²) >= 11 is 6.45. The highest BCUT2D eigenvalue weighted by Crippen LogP contribution is 2.42. The molecule has 0 spiro atoms. The SMILES string of the molecule is CO[C@H]1/C=C/CCC[S@@](=O)(NC(=O)CCc2cnn(C)n2)=NC(=O)c2ccc3c(c2)N(Cc2ccc(Cl)cc2CCCCO3)C[C@@H]2CC[C@H]21. The third-order valence-corrected chi connectivity index (χ3v) is 11.8. The minimum atomic E-state index is -3.44. The van der Waals surface area contributed by atoms with E-state index >= 15 is 0 Å². The number of hydrogen-bond acceptors (Lipinski definition) is 8. The van der Waals surface area contributed by atoms with Crippen molar-refractivity contribution in [1.29, 1.82) is 0 Å². The van der Waals surface area contributed by atoms with Crippen LogP contribution in [-0.4, -0.2) is 63.1 Å². The van der Waals surface area contributed by atoms with Crippen molar-refractivity contribution < 1.29 is 23.3 Å². The number of ether oxygens (including phenoxy) is 2. The molecule has 262 valence electrons. The van der Waals surface area contributed by atoms with E-state index in [0.29, 0.717) is 60.7 Å². The number of benzene rings is 2. The van der Waals surface area contributed by atoms with Gasteiger partial charge in [-0.3, -0.25) is 14.3 Å². The third kappa shape index (κ3) is 8.90. The van der Waals surface area contributed by atoms with Gasteiger partial charge in [-0.25, -0.2) is 4.21 Å². The van der Waals surface area contributed by atoms with Crippen molar-refractivity contribution in [1.82, 2.24) is 19.7 Å². The molecule has 3 aromatic rings. The minimum Gasteiger partial charge on any atom is -0.491 e. The standard InChI is InChI=1S/C36H45ClN6O5S/c1-42-38-22-30(39-42)14-17-35(44)40-49(46)19-7-3-4-9-33(47-2)31-15-11-28(31)24-43-23-27-10-13-29(37)20-25(27)8-5-6-18-48-34-16-12-26(21-32(34)43)36(45)41-49/h4,9-10,12-13,16,20-22,28,31,33H,3,5-8,11,14-15,17-19,23-24H2,1-2H3,(H,40,41,44,45,46)/b9-4+/t28-,31+,33-,49+/m0/s1. The number of hydrogen-bond donors (Lipinski definition) is 1. The predicted molar refractivity (Wildman–Crippen MR) is 190 cm³/mol. The molecule has 1 fully saturated rings. The first-order valence-electron chi connectivity index (χ1n) is 17.1. The zero-order valence-corrected chi connectivity index (χ0v) is 29.8. The monoisotopic (exact) mass is 708 g/mol. The van der Waals surface area contributed by atoms with E-state index in [2.05, 4.69) is 48.5 Å². The molecule has 2 aromatic carbocycles. The highest BCUT2D eigenvalue weighted by Gasteiger charge is 2.38. The fraction of sp³-hybridized carbons (Fsp3) is 0.500. The molecule has 0 unspecified atom stereocenters. The Morgan fingerprint density at radius 3 is 2.80 bits per heavy atom. The van der Waals surface area contributed by atoms with Crippen LogP contribution in [0.2, 0.25) is 5.02 Å². The first-order valence-corrected chi connectivity index (χ1v) is 19.2. The molecule has 1 N–H and O–H groups in total. The van der Waals surface area contributed by atoms with Gasteiger partial charge in [0.05, 0.1) is 36.0 Å². The predicted octanol–water partition coefficient (Wildman–Crippen LogP) is 5.85. The quantitative estimate of drug-likeness (QED) is 0.327. The van der Waals surface area contributed by atoms with Crippen LogP contribution in [0.3, 0.4) is 0 Å². The van der Waals surface area contributed by atoms with Crippen LogP contribution in [0, 0.1) is 11.8 Å². The van der Waals surface area contributed by atoms with Crippen molar-refractivity contribution in [2.24, 2.45) is 23.2 Å². The molecule has 0 saturated heterocycles. The fourth-order valence-corrected chi connectivity index (χ4v) is 8.72. The highest BCUT2D eigenvalue weighted by atomic mass is 35.5. The van der Waals surface area contributed by atoms with Gasteiger partial charge in [0.2, 0.25) is 5.91 Å². The molecule has 1 aliphatic carbocycles. The van der Waals surface area contributed by atoms with Crippen LogP contribution in [-0.2, 0) is 45.9 Å². The van der Waals surface area contributed by atoms with E-state index in [1.165, 1.54) is 15.9 Å². The molecule has 4 atom stereocenters. The Kier molecular flexibility index (Phi) is 11.4. The summed E-state index contributed by atoms with van der Waals surface area (Å²) in [5.74, 6) is 0.310. The van der Waals surface area contributed by atoms with Gasteiger partial charge in [-0.15, -0.1) is 4.36 Å². The van der Waals surface area contributed by atoms with Crippen molar-refractivity contribution in [3.63, 3.8) is 0 Å². The molecule has 3 heterocycles. The molecular formula is C36H45ClN6O5S. The first-order chi connectivity index (χ1) is 23.7. The third-order valence-electron chi connectivity index (χ3n) is 9.68. The highest BCUT2D eigenvalue weighted by molar-refractivity contribution is 7.92. The van der Waals surface area contributed by atoms with E-state index in [-0.39, 0.29) is 23.8 Å². The van der Waals surface area contributed by atoms with Gasteiger partial charge in [0.1, 0.15) is 15.7 Å². The lowest BCUT2D eigenvalue weighted by atomic mass is 9.70. The summed E-state index contributed by atoms with van der Waals surface area (Å²) in [7, 11) is 0.0135. The van der Waals surface area contributed by atoms with Crippen molar-refractivity contribution >= 4 is 39.0 Å². The van der Waals surface area contributed by atoms with Crippen molar-refractivity contribution in [3.05, 3.63) is 82.2 Å². The molecule has 2 bridgehead atoms. The van der Waals surface area contributed by atoms with Crippen LogP contribution in [0.4, 0.5) is 5.69 Å². The maximum Gasteiger partial charge on any atom is 0.286 e. The lowest BCUT2D eigenvalue weighted by Gasteiger charge is -2.43. The lowest BCUT2D eigenvalue weighted by Crippen LogP contribution is -2.43. The molecule has 49 heavy (non-hydrogen) atoms. The number of aromatic nitrogens is 3. The van der Waals surface area contributed by atoms with Gasteiger partial charge in [-0.2, -0.15) is 15.0 Å². The summed E-state index contributed by atoms with van der Waals surface area (Å²) in [4.78, 5) is 30.6. The maximum absolute atomic E-state index is 14.2. The average molecular weight is 709 g/mol. The van der Waals surface area contributed by atoms with Crippen molar-refractivity contribution in [2.45, 2.75) is 70.4 Å². The van der Waals surface area contributed by atoms with Gasteiger partial charge in [0.25, 0.3) is 5.91 Å². The topological polar surface area (TPSA) is 128 Å². The van der Waals surface area contributed by atoms with E-state index in [0.717, 1.165) is 44.3 Å². The number of fused-ring (bicyclic) bond motifs is 3. The number of halogens is 1. The molecule has 1 saturated carbocycles. The number of carbonyl (C=O) groups excluding carboxylic acids is 2. The molecule has 13 heteroatoms. The summed E-state index contributed by atoms with van der Waals surface area (Å²) < 4.78 is 33.4. The van der Waals surface area contributed by atoms with Gasteiger partial charge in [-0.05, 0) is 98.2 Å². The van der Waals surface area contributed by atoms with E-state index in [4.69, 9.17) is 21.1 Å². The smallest absolute Gasteiger partial charge is 0.286 e. The molecule has 6 rings (SSSR count). The summed E-state index contributed by atoms with van der Waals surface area (Å²) in [6.45, 7) is 1.88. The molecule has 2 aliphatic heterocycles. The number of anilines is 1. The van der Waals surface area contributed by atoms with Crippen molar-refractivity contribution in [2.75, 3.05) is 30.9 Å². The Balaban J connectivity index is 1.37. The summed E-state index contributed by atoms with van der Waals surface area (Å²) in [5, 5.41) is 8.96. The number of amides is 2. The van der Waals surface area contributed by atoms with Gasteiger partial charge < -0.3 is 14.4 Å². The number of methoxy groups -OCH3 is 1.